The van der Waals surface area contributed by atoms with Gasteiger partial charge < -0.3 is 9.69 Å². The molecule has 0 aliphatic heterocycles. The van der Waals surface area contributed by atoms with E-state index in [1.807, 2.05) is 0 Å². The fraction of sp³-hybridized carbons (Fsp3) is 0.900. The summed E-state index contributed by atoms with van der Waals surface area (Å²) >= 11 is 0. The van der Waals surface area contributed by atoms with E-state index in [0.29, 0.717) is 0 Å². The van der Waals surface area contributed by atoms with E-state index in [4.69, 9.17) is 0 Å². The van der Waals surface area contributed by atoms with Gasteiger partial charge in [-0.25, -0.2) is 0 Å². The summed E-state index contributed by atoms with van der Waals surface area (Å²) in [5, 5.41) is 0. The molecule has 2 nitrogen and oxygen atoms in total. The lowest BCUT2D eigenvalue weighted by Gasteiger charge is -2.33. The number of aldehydes is 1. The van der Waals surface area contributed by atoms with E-state index in [1.54, 1.807) is 0 Å². The van der Waals surface area contributed by atoms with Crippen LogP contribution in [0.5, 0.6) is 0 Å². The number of carbonyl (C=O) groups is 1. The van der Waals surface area contributed by atoms with Gasteiger partial charge in [-0.15, -0.1) is 0 Å². The predicted molar refractivity (Wildman–Crippen MR) is 52.2 cm³/mol. The van der Waals surface area contributed by atoms with Crippen LogP contribution in [-0.2, 0) is 4.79 Å². The maximum atomic E-state index is 10.6. The van der Waals surface area contributed by atoms with Crippen molar-refractivity contribution in [2.24, 2.45) is 5.92 Å². The maximum absolute atomic E-state index is 10.6. The molecule has 0 saturated heterocycles. The number of hydrogen-bond donors (Lipinski definition) is 0. The van der Waals surface area contributed by atoms with E-state index in [0.717, 1.165) is 19.3 Å². The molecule has 0 amide bonds. The molecule has 0 aliphatic carbocycles. The highest BCUT2D eigenvalue weighted by molar-refractivity contribution is 5.53. The molecule has 1 atom stereocenters. The van der Waals surface area contributed by atoms with Gasteiger partial charge >= 0.3 is 0 Å². The SMILES string of the molecule is CCC(C=O)CN(C)C(C)(C)C. The van der Waals surface area contributed by atoms with Crippen LogP contribution in [0.3, 0.4) is 0 Å². The molecule has 0 saturated carbocycles. The summed E-state index contributed by atoms with van der Waals surface area (Å²) in [6.45, 7) is 9.39. The number of nitrogens with zero attached hydrogens (tertiary/aromatic N) is 1. The fourth-order valence-electron chi connectivity index (χ4n) is 0.894. The predicted octanol–water partition coefficient (Wildman–Crippen LogP) is 1.94. The Bertz CT molecular complexity index is 137. The molecular weight excluding hydrogens is 150 g/mol. The van der Waals surface area contributed by atoms with Gasteiger partial charge in [-0.3, -0.25) is 0 Å². The third-order valence-electron chi connectivity index (χ3n) is 2.37. The van der Waals surface area contributed by atoms with Crippen LogP contribution in [0.25, 0.3) is 0 Å². The number of rotatable bonds is 4. The molecule has 72 valence electrons. The van der Waals surface area contributed by atoms with E-state index in [1.165, 1.54) is 0 Å². The Morgan fingerprint density at radius 1 is 1.42 bits per heavy atom. The van der Waals surface area contributed by atoms with Crippen LogP contribution in [0.2, 0.25) is 0 Å². The van der Waals surface area contributed by atoms with Crippen molar-refractivity contribution < 1.29 is 4.79 Å². The van der Waals surface area contributed by atoms with Gasteiger partial charge in [0.2, 0.25) is 0 Å². The lowest BCUT2D eigenvalue weighted by Crippen LogP contribution is -2.41. The van der Waals surface area contributed by atoms with Crippen molar-refractivity contribution in [3.63, 3.8) is 0 Å². The zero-order valence-electron chi connectivity index (χ0n) is 8.92. The van der Waals surface area contributed by atoms with Gasteiger partial charge in [0.1, 0.15) is 6.29 Å². The van der Waals surface area contributed by atoms with Gasteiger partial charge in [0.15, 0.2) is 0 Å². The smallest absolute Gasteiger partial charge is 0.124 e. The van der Waals surface area contributed by atoms with Crippen LogP contribution < -0.4 is 0 Å². The monoisotopic (exact) mass is 171 g/mol. The standard InChI is InChI=1S/C10H21NO/c1-6-9(8-12)7-11(5)10(2,3)4/h8-9H,6-7H2,1-5H3. The molecule has 0 heterocycles. The third-order valence-corrected chi connectivity index (χ3v) is 2.37. The van der Waals surface area contributed by atoms with E-state index < -0.39 is 0 Å². The molecule has 0 bridgehead atoms. The molecule has 0 aliphatic rings. The zero-order valence-corrected chi connectivity index (χ0v) is 8.92. The summed E-state index contributed by atoms with van der Waals surface area (Å²) in [5.41, 5.74) is 0.163. The summed E-state index contributed by atoms with van der Waals surface area (Å²) in [6.07, 6.45) is 1.99. The van der Waals surface area contributed by atoms with Crippen LogP contribution in [0.4, 0.5) is 0 Å². The largest absolute Gasteiger partial charge is 0.303 e. The lowest BCUT2D eigenvalue weighted by atomic mass is 10.0. The first kappa shape index (κ1) is 11.6. The van der Waals surface area contributed by atoms with E-state index in [-0.39, 0.29) is 11.5 Å². The molecule has 2 heteroatoms. The minimum absolute atomic E-state index is 0.163. The van der Waals surface area contributed by atoms with Gasteiger partial charge in [0.25, 0.3) is 0 Å². The fourth-order valence-corrected chi connectivity index (χ4v) is 0.894. The molecule has 0 aromatic rings. The summed E-state index contributed by atoms with van der Waals surface area (Å²) in [4.78, 5) is 12.8. The number of hydrogen-bond acceptors (Lipinski definition) is 2. The summed E-state index contributed by atoms with van der Waals surface area (Å²) < 4.78 is 0. The highest BCUT2D eigenvalue weighted by atomic mass is 16.1. The Balaban J connectivity index is 3.98. The van der Waals surface area contributed by atoms with E-state index in [2.05, 4.69) is 39.6 Å². The van der Waals surface area contributed by atoms with Crippen LogP contribution in [0.1, 0.15) is 34.1 Å². The maximum Gasteiger partial charge on any atom is 0.124 e. The van der Waals surface area contributed by atoms with Crippen molar-refractivity contribution in [3.8, 4) is 0 Å². The molecule has 0 aromatic carbocycles. The zero-order chi connectivity index (χ0) is 9.78. The quantitative estimate of drug-likeness (QED) is 0.602. The van der Waals surface area contributed by atoms with Crippen molar-refractivity contribution in [2.45, 2.75) is 39.7 Å². The van der Waals surface area contributed by atoms with Crippen LogP contribution >= 0.6 is 0 Å². The van der Waals surface area contributed by atoms with Crippen molar-refractivity contribution in [3.05, 3.63) is 0 Å². The van der Waals surface area contributed by atoms with Crippen molar-refractivity contribution in [2.75, 3.05) is 13.6 Å². The Hall–Kier alpha value is -0.370. The average molecular weight is 171 g/mol. The Morgan fingerprint density at radius 2 is 1.92 bits per heavy atom. The van der Waals surface area contributed by atoms with Crippen LogP contribution in [0.15, 0.2) is 0 Å². The minimum atomic E-state index is 0.163. The van der Waals surface area contributed by atoms with Crippen molar-refractivity contribution in [1.29, 1.82) is 0 Å². The molecule has 0 aromatic heterocycles. The molecule has 0 N–H and O–H groups in total. The summed E-state index contributed by atoms with van der Waals surface area (Å²) in [7, 11) is 2.06. The first-order chi connectivity index (χ1) is 5.41. The molecule has 0 radical (unpaired) electrons. The second-order valence-electron chi connectivity index (χ2n) is 4.36. The Labute approximate surface area is 75.9 Å². The Kier molecular flexibility index (Phi) is 4.46. The molecule has 1 unspecified atom stereocenters. The molecule has 0 fully saturated rings. The number of carbonyl (C=O) groups excluding carboxylic acids is 1. The Morgan fingerprint density at radius 3 is 2.17 bits per heavy atom. The first-order valence-corrected chi connectivity index (χ1v) is 4.58. The van der Waals surface area contributed by atoms with Gasteiger partial charge in [0, 0.05) is 18.0 Å². The summed E-state index contributed by atoms with van der Waals surface area (Å²) in [5.74, 6) is 0.189. The van der Waals surface area contributed by atoms with E-state index in [9.17, 15) is 4.79 Å². The van der Waals surface area contributed by atoms with Crippen molar-refractivity contribution >= 4 is 6.29 Å². The second kappa shape index (κ2) is 4.61. The normalized spacial score (nSPS) is 14.8. The first-order valence-electron chi connectivity index (χ1n) is 4.58. The minimum Gasteiger partial charge on any atom is -0.303 e. The third kappa shape index (κ3) is 3.86. The van der Waals surface area contributed by atoms with Gasteiger partial charge in [-0.2, -0.15) is 0 Å². The summed E-state index contributed by atoms with van der Waals surface area (Å²) in [6, 6.07) is 0. The van der Waals surface area contributed by atoms with Crippen LogP contribution in [-0.4, -0.2) is 30.3 Å². The van der Waals surface area contributed by atoms with E-state index >= 15 is 0 Å². The van der Waals surface area contributed by atoms with Gasteiger partial charge in [-0.1, -0.05) is 6.92 Å². The lowest BCUT2D eigenvalue weighted by molar-refractivity contribution is -0.111. The molecule has 12 heavy (non-hydrogen) atoms. The van der Waals surface area contributed by atoms with Crippen molar-refractivity contribution in [1.82, 2.24) is 4.90 Å². The second-order valence-corrected chi connectivity index (χ2v) is 4.36. The molecule has 0 spiro atoms. The van der Waals surface area contributed by atoms with Gasteiger partial charge in [-0.05, 0) is 34.2 Å². The average Bonchev–Trinajstić information content (AvgIpc) is 1.97. The molecule has 0 rings (SSSR count). The van der Waals surface area contributed by atoms with Crippen LogP contribution in [0, 0.1) is 5.92 Å². The highest BCUT2D eigenvalue weighted by Gasteiger charge is 2.19. The molecular formula is C10H21NO. The van der Waals surface area contributed by atoms with Gasteiger partial charge in [0.05, 0.1) is 0 Å². The highest BCUT2D eigenvalue weighted by Crippen LogP contribution is 2.13. The topological polar surface area (TPSA) is 20.3 Å².